The van der Waals surface area contributed by atoms with Crippen LogP contribution in [0.25, 0.3) is 0 Å². The summed E-state index contributed by atoms with van der Waals surface area (Å²) in [6.45, 7) is 0.0342. The van der Waals surface area contributed by atoms with Gasteiger partial charge in [0.25, 0.3) is 0 Å². The fraction of sp³-hybridized carbons (Fsp3) is 0.278. The lowest BCUT2D eigenvalue weighted by atomic mass is 10.2. The Labute approximate surface area is 150 Å². The van der Waals surface area contributed by atoms with E-state index in [1.807, 2.05) is 30.3 Å². The molecule has 0 bridgehead atoms. The fourth-order valence-electron chi connectivity index (χ4n) is 2.05. The highest BCUT2D eigenvalue weighted by molar-refractivity contribution is 6.29. The minimum absolute atomic E-state index is 0.0342. The quantitative estimate of drug-likeness (QED) is 0.530. The van der Waals surface area contributed by atoms with Gasteiger partial charge in [0, 0.05) is 6.42 Å². The molecule has 0 aliphatic rings. The van der Waals surface area contributed by atoms with Crippen molar-refractivity contribution in [2.45, 2.75) is 18.9 Å². The van der Waals surface area contributed by atoms with Gasteiger partial charge in [-0.1, -0.05) is 41.9 Å². The number of rotatable bonds is 8. The van der Waals surface area contributed by atoms with Crippen LogP contribution in [0.2, 0.25) is 5.15 Å². The Balaban J connectivity index is 1.84. The van der Waals surface area contributed by atoms with Gasteiger partial charge in [-0.15, -0.1) is 0 Å². The van der Waals surface area contributed by atoms with E-state index in [2.05, 4.69) is 4.98 Å². The van der Waals surface area contributed by atoms with Gasteiger partial charge in [-0.2, -0.15) is 0 Å². The summed E-state index contributed by atoms with van der Waals surface area (Å²) in [7, 11) is 1.26. The molecule has 2 aromatic rings. The molecule has 0 saturated heterocycles. The predicted octanol–water partition coefficient (Wildman–Crippen LogP) is 2.83. The first-order chi connectivity index (χ1) is 12.1. The minimum atomic E-state index is -0.905. The Bertz CT molecular complexity index is 690. The second-order valence-corrected chi connectivity index (χ2v) is 5.51. The number of halogens is 1. The molecule has 0 amide bonds. The van der Waals surface area contributed by atoms with Crippen molar-refractivity contribution in [2.75, 3.05) is 13.7 Å². The molecule has 1 unspecified atom stereocenters. The maximum atomic E-state index is 11.8. The lowest BCUT2D eigenvalue weighted by molar-refractivity contribution is -0.152. The largest absolute Gasteiger partial charge is 0.477 e. The predicted molar refractivity (Wildman–Crippen MR) is 91.4 cm³/mol. The molecule has 1 heterocycles. The molecule has 0 aliphatic carbocycles. The van der Waals surface area contributed by atoms with E-state index in [4.69, 9.17) is 25.8 Å². The van der Waals surface area contributed by atoms with Crippen molar-refractivity contribution in [3.8, 4) is 5.75 Å². The minimum Gasteiger partial charge on any atom is -0.477 e. The number of benzene rings is 1. The van der Waals surface area contributed by atoms with Gasteiger partial charge in [-0.25, -0.2) is 9.78 Å². The molecular weight excluding hydrogens is 346 g/mol. The summed E-state index contributed by atoms with van der Waals surface area (Å²) in [5.41, 5.74) is 0.862. The highest BCUT2D eigenvalue weighted by Gasteiger charge is 2.22. The van der Waals surface area contributed by atoms with Crippen LogP contribution in [-0.2, 0) is 25.5 Å². The monoisotopic (exact) mass is 363 g/mol. The summed E-state index contributed by atoms with van der Waals surface area (Å²) in [5.74, 6) is -0.563. The topological polar surface area (TPSA) is 74.7 Å². The fourth-order valence-corrected chi connectivity index (χ4v) is 2.16. The van der Waals surface area contributed by atoms with E-state index in [-0.39, 0.29) is 25.4 Å². The van der Waals surface area contributed by atoms with Crippen LogP contribution in [0.1, 0.15) is 12.0 Å². The lowest BCUT2D eigenvalue weighted by Crippen LogP contribution is -2.30. The zero-order valence-corrected chi connectivity index (χ0v) is 14.4. The molecule has 7 heteroatoms. The van der Waals surface area contributed by atoms with Crippen LogP contribution in [0.15, 0.2) is 48.7 Å². The van der Waals surface area contributed by atoms with Crippen molar-refractivity contribution in [2.24, 2.45) is 0 Å². The van der Waals surface area contributed by atoms with Gasteiger partial charge in [0.2, 0.25) is 0 Å². The van der Waals surface area contributed by atoms with Crippen molar-refractivity contribution < 1.29 is 23.8 Å². The van der Waals surface area contributed by atoms with Gasteiger partial charge in [-0.05, 0) is 17.7 Å². The standard InChI is InChI=1S/C18H18ClNO5/c1-23-18(22)15(25-14-7-8-16(19)20-12-14)9-10-24-17(21)11-13-5-3-2-4-6-13/h2-8,12,15H,9-11H2,1H3. The molecule has 0 N–H and O–H groups in total. The van der Waals surface area contributed by atoms with Crippen molar-refractivity contribution in [3.05, 3.63) is 59.4 Å². The Morgan fingerprint density at radius 2 is 1.92 bits per heavy atom. The molecule has 25 heavy (non-hydrogen) atoms. The first kappa shape index (κ1) is 18.7. The first-order valence-electron chi connectivity index (χ1n) is 7.64. The van der Waals surface area contributed by atoms with E-state index >= 15 is 0 Å². The van der Waals surface area contributed by atoms with E-state index in [1.54, 1.807) is 12.1 Å². The highest BCUT2D eigenvalue weighted by Crippen LogP contribution is 2.15. The first-order valence-corrected chi connectivity index (χ1v) is 8.02. The third kappa shape index (κ3) is 6.43. The summed E-state index contributed by atoms with van der Waals surface area (Å²) in [6.07, 6.45) is 0.832. The molecule has 0 fully saturated rings. The lowest BCUT2D eigenvalue weighted by Gasteiger charge is -2.16. The third-order valence-electron chi connectivity index (χ3n) is 3.28. The SMILES string of the molecule is COC(=O)C(CCOC(=O)Cc1ccccc1)Oc1ccc(Cl)nc1. The van der Waals surface area contributed by atoms with E-state index in [1.165, 1.54) is 13.3 Å². The van der Waals surface area contributed by atoms with Crippen LogP contribution < -0.4 is 4.74 Å². The summed E-state index contributed by atoms with van der Waals surface area (Å²) in [6, 6.07) is 12.4. The Kier molecular flexibility index (Phi) is 7.22. The van der Waals surface area contributed by atoms with Crippen LogP contribution in [0.4, 0.5) is 0 Å². The number of hydrogen-bond donors (Lipinski definition) is 0. The maximum absolute atomic E-state index is 11.8. The van der Waals surface area contributed by atoms with E-state index < -0.39 is 12.1 Å². The van der Waals surface area contributed by atoms with Crippen LogP contribution in [0, 0.1) is 0 Å². The smallest absolute Gasteiger partial charge is 0.347 e. The summed E-state index contributed by atoms with van der Waals surface area (Å²) >= 11 is 5.71. The van der Waals surface area contributed by atoms with Crippen LogP contribution in [-0.4, -0.2) is 36.7 Å². The molecule has 1 atom stereocenters. The van der Waals surface area contributed by atoms with Crippen molar-refractivity contribution in [1.82, 2.24) is 4.98 Å². The highest BCUT2D eigenvalue weighted by atomic mass is 35.5. The zero-order valence-electron chi connectivity index (χ0n) is 13.7. The average Bonchev–Trinajstić information content (AvgIpc) is 2.62. The molecule has 0 saturated carbocycles. The van der Waals surface area contributed by atoms with Gasteiger partial charge in [0.1, 0.15) is 10.9 Å². The van der Waals surface area contributed by atoms with Gasteiger partial charge >= 0.3 is 11.9 Å². The number of aromatic nitrogens is 1. The van der Waals surface area contributed by atoms with Gasteiger partial charge in [0.05, 0.1) is 26.3 Å². The molecule has 0 radical (unpaired) electrons. The molecule has 1 aromatic heterocycles. The second-order valence-electron chi connectivity index (χ2n) is 5.12. The number of esters is 2. The summed E-state index contributed by atoms with van der Waals surface area (Å²) in [5, 5.41) is 0.316. The van der Waals surface area contributed by atoms with Gasteiger partial charge in [-0.3, -0.25) is 4.79 Å². The second kappa shape index (κ2) is 9.64. The summed E-state index contributed by atoms with van der Waals surface area (Å²) in [4.78, 5) is 27.5. The number of pyridine rings is 1. The zero-order chi connectivity index (χ0) is 18.1. The summed E-state index contributed by atoms with van der Waals surface area (Å²) < 4.78 is 15.4. The molecule has 132 valence electrons. The normalized spacial score (nSPS) is 11.4. The molecule has 0 aliphatic heterocycles. The Morgan fingerprint density at radius 1 is 1.16 bits per heavy atom. The number of carbonyl (C=O) groups excluding carboxylic acids is 2. The van der Waals surface area contributed by atoms with Crippen molar-refractivity contribution >= 4 is 23.5 Å². The van der Waals surface area contributed by atoms with E-state index in [0.717, 1.165) is 5.56 Å². The Hall–Kier alpha value is -2.60. The molecule has 1 aromatic carbocycles. The number of nitrogens with zero attached hydrogens (tertiary/aromatic N) is 1. The number of methoxy groups -OCH3 is 1. The Morgan fingerprint density at radius 3 is 2.56 bits per heavy atom. The molecule has 6 nitrogen and oxygen atoms in total. The van der Waals surface area contributed by atoms with Crippen molar-refractivity contribution in [1.29, 1.82) is 0 Å². The number of hydrogen-bond acceptors (Lipinski definition) is 6. The molecule has 2 rings (SSSR count). The van der Waals surface area contributed by atoms with Crippen LogP contribution in [0.3, 0.4) is 0 Å². The van der Waals surface area contributed by atoms with Crippen LogP contribution >= 0.6 is 11.6 Å². The number of ether oxygens (including phenoxy) is 3. The van der Waals surface area contributed by atoms with E-state index in [9.17, 15) is 9.59 Å². The van der Waals surface area contributed by atoms with Gasteiger partial charge in [0.15, 0.2) is 6.10 Å². The maximum Gasteiger partial charge on any atom is 0.347 e. The van der Waals surface area contributed by atoms with Gasteiger partial charge < -0.3 is 14.2 Å². The molecule has 0 spiro atoms. The van der Waals surface area contributed by atoms with Crippen LogP contribution in [0.5, 0.6) is 5.75 Å². The number of carbonyl (C=O) groups is 2. The van der Waals surface area contributed by atoms with E-state index in [0.29, 0.717) is 10.9 Å². The molecular formula is C18H18ClNO5. The third-order valence-corrected chi connectivity index (χ3v) is 3.50. The average molecular weight is 364 g/mol. The van der Waals surface area contributed by atoms with Crippen molar-refractivity contribution in [3.63, 3.8) is 0 Å².